The van der Waals surface area contributed by atoms with Crippen molar-refractivity contribution in [2.45, 2.75) is 18.6 Å². The molecular formula is C17H20N2O4. The molecule has 0 atom stereocenters. The first-order chi connectivity index (χ1) is 11.2. The van der Waals surface area contributed by atoms with Gasteiger partial charge in [0.25, 0.3) is 11.8 Å². The molecule has 1 aromatic carbocycles. The molecule has 23 heavy (non-hydrogen) atoms. The molecule has 1 aromatic rings. The number of ether oxygens (including phenoxy) is 2. The molecule has 3 heterocycles. The number of carbonyl (C=O) groups excluding carboxylic acids is 2. The van der Waals surface area contributed by atoms with E-state index in [2.05, 4.69) is 4.90 Å². The summed E-state index contributed by atoms with van der Waals surface area (Å²) in [6, 6.07) is 6.93. The lowest BCUT2D eigenvalue weighted by Gasteiger charge is -2.34. The Morgan fingerprint density at radius 3 is 2.04 bits per heavy atom. The fourth-order valence-electron chi connectivity index (χ4n) is 3.63. The van der Waals surface area contributed by atoms with Crippen LogP contribution in [0.5, 0.6) is 0 Å². The predicted octanol–water partition coefficient (Wildman–Crippen LogP) is 1.12. The highest BCUT2D eigenvalue weighted by Crippen LogP contribution is 2.29. The Balaban J connectivity index is 1.56. The molecule has 122 valence electrons. The van der Waals surface area contributed by atoms with Gasteiger partial charge in [0.15, 0.2) is 5.79 Å². The molecule has 3 aliphatic rings. The Hall–Kier alpha value is -1.76. The van der Waals surface area contributed by atoms with Crippen molar-refractivity contribution in [3.63, 3.8) is 0 Å². The summed E-state index contributed by atoms with van der Waals surface area (Å²) >= 11 is 0. The van der Waals surface area contributed by atoms with Gasteiger partial charge in [0.2, 0.25) is 0 Å². The van der Waals surface area contributed by atoms with Crippen molar-refractivity contribution in [3.05, 3.63) is 35.4 Å². The van der Waals surface area contributed by atoms with Gasteiger partial charge in [0.05, 0.1) is 37.4 Å². The average Bonchev–Trinajstić information content (AvgIpc) is 3.28. The van der Waals surface area contributed by atoms with Gasteiger partial charge in [-0.1, -0.05) is 12.1 Å². The summed E-state index contributed by atoms with van der Waals surface area (Å²) in [5.74, 6) is -1.41. The maximum atomic E-state index is 12.6. The van der Waals surface area contributed by atoms with Crippen LogP contribution in [0.1, 0.15) is 33.6 Å². The third-order valence-corrected chi connectivity index (χ3v) is 4.75. The molecule has 0 N–H and O–H groups in total. The number of rotatable bonds is 4. The second kappa shape index (κ2) is 5.70. The smallest absolute Gasteiger partial charge is 0.261 e. The van der Waals surface area contributed by atoms with Crippen LogP contribution < -0.4 is 0 Å². The number of hydrogen-bond donors (Lipinski definition) is 0. The molecule has 4 rings (SSSR count). The SMILES string of the molecule is O=C1c2ccccc2C(=O)N1CC1(CN2CCCC2)OCCO1. The Bertz CT molecular complexity index is 598. The van der Waals surface area contributed by atoms with E-state index >= 15 is 0 Å². The Morgan fingerprint density at radius 2 is 1.48 bits per heavy atom. The summed E-state index contributed by atoms with van der Waals surface area (Å²) in [5, 5.41) is 0. The minimum Gasteiger partial charge on any atom is -0.345 e. The van der Waals surface area contributed by atoms with Crippen LogP contribution in [0.2, 0.25) is 0 Å². The van der Waals surface area contributed by atoms with Crippen molar-refractivity contribution in [2.75, 3.05) is 39.4 Å². The molecule has 0 spiro atoms. The fraction of sp³-hybridized carbons (Fsp3) is 0.529. The zero-order valence-corrected chi connectivity index (χ0v) is 13.0. The van der Waals surface area contributed by atoms with Crippen LogP contribution in [0.4, 0.5) is 0 Å². The van der Waals surface area contributed by atoms with Crippen LogP contribution in [0, 0.1) is 0 Å². The van der Waals surface area contributed by atoms with Gasteiger partial charge in [0, 0.05) is 0 Å². The molecule has 2 saturated heterocycles. The zero-order valence-electron chi connectivity index (χ0n) is 13.0. The molecule has 3 aliphatic heterocycles. The monoisotopic (exact) mass is 316 g/mol. The summed E-state index contributed by atoms with van der Waals surface area (Å²) < 4.78 is 11.7. The number of amides is 2. The van der Waals surface area contributed by atoms with Crippen LogP contribution in [0.3, 0.4) is 0 Å². The van der Waals surface area contributed by atoms with Crippen molar-refractivity contribution in [1.82, 2.24) is 9.80 Å². The molecule has 0 aliphatic carbocycles. The summed E-state index contributed by atoms with van der Waals surface area (Å²) in [7, 11) is 0. The van der Waals surface area contributed by atoms with E-state index < -0.39 is 5.79 Å². The summed E-state index contributed by atoms with van der Waals surface area (Å²) in [6.45, 7) is 3.76. The van der Waals surface area contributed by atoms with Crippen LogP contribution in [0.15, 0.2) is 24.3 Å². The summed E-state index contributed by atoms with van der Waals surface area (Å²) in [5.41, 5.74) is 0.929. The minimum atomic E-state index is -0.891. The van der Waals surface area contributed by atoms with Crippen LogP contribution in [0.25, 0.3) is 0 Å². The average molecular weight is 316 g/mol. The lowest BCUT2D eigenvalue weighted by Crippen LogP contribution is -2.52. The van der Waals surface area contributed by atoms with Crippen molar-refractivity contribution in [2.24, 2.45) is 0 Å². The summed E-state index contributed by atoms with van der Waals surface area (Å²) in [4.78, 5) is 28.7. The number of nitrogens with zero attached hydrogens (tertiary/aromatic N) is 2. The van der Waals surface area contributed by atoms with E-state index in [0.717, 1.165) is 13.1 Å². The van der Waals surface area contributed by atoms with Gasteiger partial charge in [-0.2, -0.15) is 0 Å². The lowest BCUT2D eigenvalue weighted by molar-refractivity contribution is -0.173. The third kappa shape index (κ3) is 2.56. The Morgan fingerprint density at radius 1 is 0.913 bits per heavy atom. The van der Waals surface area contributed by atoms with E-state index in [-0.39, 0.29) is 18.4 Å². The topological polar surface area (TPSA) is 59.1 Å². The molecule has 6 heteroatoms. The number of benzene rings is 1. The molecule has 2 fully saturated rings. The summed E-state index contributed by atoms with van der Waals surface area (Å²) in [6.07, 6.45) is 2.34. The first-order valence-electron chi connectivity index (χ1n) is 8.14. The highest BCUT2D eigenvalue weighted by atomic mass is 16.7. The van der Waals surface area contributed by atoms with Crippen molar-refractivity contribution in [1.29, 1.82) is 0 Å². The number of carbonyl (C=O) groups is 2. The first kappa shape index (κ1) is 14.8. The second-order valence-corrected chi connectivity index (χ2v) is 6.33. The lowest BCUT2D eigenvalue weighted by atomic mass is 10.1. The molecule has 0 bridgehead atoms. The zero-order chi connectivity index (χ0) is 15.9. The van der Waals surface area contributed by atoms with Crippen molar-refractivity contribution < 1.29 is 19.1 Å². The second-order valence-electron chi connectivity index (χ2n) is 6.33. The normalized spacial score (nSPS) is 23.7. The van der Waals surface area contributed by atoms with Crippen LogP contribution in [-0.4, -0.2) is 66.8 Å². The molecule has 0 unspecified atom stereocenters. The van der Waals surface area contributed by atoms with E-state index in [1.165, 1.54) is 17.7 Å². The Labute approximate surface area is 134 Å². The highest BCUT2D eigenvalue weighted by molar-refractivity contribution is 6.21. The molecule has 2 amide bonds. The maximum Gasteiger partial charge on any atom is 0.261 e. The molecule has 6 nitrogen and oxygen atoms in total. The van der Waals surface area contributed by atoms with E-state index in [4.69, 9.17) is 9.47 Å². The highest BCUT2D eigenvalue weighted by Gasteiger charge is 2.46. The molecule has 0 radical (unpaired) electrons. The van der Waals surface area contributed by atoms with Gasteiger partial charge in [-0.15, -0.1) is 0 Å². The van der Waals surface area contributed by atoms with Crippen molar-refractivity contribution >= 4 is 11.8 Å². The maximum absolute atomic E-state index is 12.6. The van der Waals surface area contributed by atoms with E-state index in [0.29, 0.717) is 30.9 Å². The van der Waals surface area contributed by atoms with Crippen molar-refractivity contribution in [3.8, 4) is 0 Å². The number of imide groups is 1. The molecule has 0 aromatic heterocycles. The quantitative estimate of drug-likeness (QED) is 0.779. The molecular weight excluding hydrogens is 296 g/mol. The van der Waals surface area contributed by atoms with Gasteiger partial charge < -0.3 is 9.47 Å². The third-order valence-electron chi connectivity index (χ3n) is 4.75. The van der Waals surface area contributed by atoms with Crippen LogP contribution >= 0.6 is 0 Å². The van der Waals surface area contributed by atoms with Gasteiger partial charge in [-0.25, -0.2) is 0 Å². The minimum absolute atomic E-state index is 0.149. The van der Waals surface area contributed by atoms with E-state index in [9.17, 15) is 9.59 Å². The van der Waals surface area contributed by atoms with Crippen LogP contribution in [-0.2, 0) is 9.47 Å². The Kier molecular flexibility index (Phi) is 3.67. The number of likely N-dealkylation sites (tertiary alicyclic amines) is 1. The van der Waals surface area contributed by atoms with Gasteiger partial charge in [-0.3, -0.25) is 19.4 Å². The fourth-order valence-corrected chi connectivity index (χ4v) is 3.63. The number of fused-ring (bicyclic) bond motifs is 1. The van der Waals surface area contributed by atoms with Gasteiger partial charge in [-0.05, 0) is 38.1 Å². The molecule has 0 saturated carbocycles. The first-order valence-corrected chi connectivity index (χ1v) is 8.14. The van der Waals surface area contributed by atoms with E-state index in [1.807, 2.05) is 0 Å². The predicted molar refractivity (Wildman–Crippen MR) is 82.1 cm³/mol. The van der Waals surface area contributed by atoms with Gasteiger partial charge in [0.1, 0.15) is 0 Å². The standard InChI is InChI=1S/C17H20N2O4/c20-15-13-5-1-2-6-14(13)16(21)19(15)12-17(22-9-10-23-17)11-18-7-3-4-8-18/h1-2,5-6H,3-4,7-12H2. The van der Waals surface area contributed by atoms with Gasteiger partial charge >= 0.3 is 0 Å². The van der Waals surface area contributed by atoms with E-state index in [1.54, 1.807) is 24.3 Å². The number of hydrogen-bond acceptors (Lipinski definition) is 5. The largest absolute Gasteiger partial charge is 0.345 e.